The molecule has 0 radical (unpaired) electrons. The fourth-order valence-corrected chi connectivity index (χ4v) is 0.704. The second kappa shape index (κ2) is 15.7. The number of nitriles is 1. The summed E-state index contributed by atoms with van der Waals surface area (Å²) >= 11 is 1.82. The summed E-state index contributed by atoms with van der Waals surface area (Å²) in [5.74, 6) is 2.07. The van der Waals surface area contributed by atoms with E-state index < -0.39 is 0 Å². The summed E-state index contributed by atoms with van der Waals surface area (Å²) in [6.07, 6.45) is 4.54. The van der Waals surface area contributed by atoms with Gasteiger partial charge in [-0.2, -0.15) is 17.0 Å². The molecule has 0 aliphatic heterocycles. The van der Waals surface area contributed by atoms with Crippen molar-refractivity contribution < 1.29 is 5.11 Å². The number of hydrogen-bond donors (Lipinski definition) is 1. The third-order valence-electron chi connectivity index (χ3n) is 0.471. The summed E-state index contributed by atoms with van der Waals surface area (Å²) in [6.45, 7) is 7.15. The number of rotatable bonds is 4. The second-order valence-corrected chi connectivity index (χ2v) is 2.29. The molecule has 0 fully saturated rings. The Morgan fingerprint density at radius 3 is 1.90 bits per heavy atom. The first-order chi connectivity index (χ1) is 4.83. The van der Waals surface area contributed by atoms with Crippen LogP contribution >= 0.6 is 11.8 Å². The lowest BCUT2D eigenvalue weighted by molar-refractivity contribution is 0.503. The molecular weight excluding hydrogens is 146 g/mol. The monoisotopic (exact) mass is 157 g/mol. The van der Waals surface area contributed by atoms with E-state index in [1.807, 2.05) is 23.9 Å². The van der Waals surface area contributed by atoms with Crippen LogP contribution in [0.25, 0.3) is 0 Å². The minimum Gasteiger partial charge on any atom is -0.443 e. The first-order valence-corrected chi connectivity index (χ1v) is 3.81. The molecule has 0 unspecified atom stereocenters. The van der Waals surface area contributed by atoms with E-state index in [-0.39, 0.29) is 0 Å². The highest BCUT2D eigenvalue weighted by atomic mass is 32.2. The van der Waals surface area contributed by atoms with Crippen molar-refractivity contribution in [1.29, 1.82) is 5.26 Å². The van der Waals surface area contributed by atoms with Gasteiger partial charge in [0, 0.05) is 11.5 Å². The molecule has 1 N–H and O–H groups in total. The minimum atomic E-state index is 0.750. The maximum Gasteiger partial charge on any atom is 0.283 e. The van der Waals surface area contributed by atoms with E-state index in [4.69, 9.17) is 10.4 Å². The first kappa shape index (κ1) is 11.9. The molecule has 56 valence electrons. The average molecular weight is 157 g/mol. The summed E-state index contributed by atoms with van der Waals surface area (Å²) in [7, 11) is 0. The van der Waals surface area contributed by atoms with Gasteiger partial charge in [-0.1, -0.05) is 12.2 Å². The van der Waals surface area contributed by atoms with Crippen molar-refractivity contribution in [2.75, 3.05) is 11.5 Å². The third-order valence-corrected chi connectivity index (χ3v) is 1.41. The van der Waals surface area contributed by atoms with Crippen LogP contribution in [0, 0.1) is 11.5 Å². The largest absolute Gasteiger partial charge is 0.443 e. The quantitative estimate of drug-likeness (QED) is 0.385. The molecule has 0 bridgehead atoms. The van der Waals surface area contributed by atoms with Crippen molar-refractivity contribution in [2.24, 2.45) is 0 Å². The molecule has 0 aromatic carbocycles. The van der Waals surface area contributed by atoms with Crippen LogP contribution in [-0.2, 0) is 0 Å². The highest BCUT2D eigenvalue weighted by Crippen LogP contribution is 1.97. The van der Waals surface area contributed by atoms with Crippen molar-refractivity contribution in [2.45, 2.75) is 0 Å². The fraction of sp³-hybridized carbons (Fsp3) is 0.286. The van der Waals surface area contributed by atoms with Crippen LogP contribution in [0.15, 0.2) is 25.3 Å². The van der Waals surface area contributed by atoms with Gasteiger partial charge >= 0.3 is 0 Å². The van der Waals surface area contributed by atoms with Crippen LogP contribution in [0.4, 0.5) is 0 Å². The van der Waals surface area contributed by atoms with E-state index in [0.29, 0.717) is 0 Å². The van der Waals surface area contributed by atoms with Gasteiger partial charge < -0.3 is 5.11 Å². The summed E-state index contributed by atoms with van der Waals surface area (Å²) in [4.78, 5) is 0. The molecule has 0 amide bonds. The number of nitrogens with zero attached hydrogens (tertiary/aromatic N) is 1. The lowest BCUT2D eigenvalue weighted by Crippen LogP contribution is -1.69. The van der Waals surface area contributed by atoms with E-state index in [9.17, 15) is 0 Å². The van der Waals surface area contributed by atoms with Gasteiger partial charge in [0.15, 0.2) is 0 Å². The summed E-state index contributed by atoms with van der Waals surface area (Å²) in [5, 5.41) is 13.8. The SMILES string of the molecule is C=CCSCC=C.N#CO. The van der Waals surface area contributed by atoms with Crippen molar-refractivity contribution in [3.8, 4) is 6.26 Å². The Labute approximate surface area is 65.9 Å². The molecule has 3 heteroatoms. The first-order valence-electron chi connectivity index (χ1n) is 2.66. The van der Waals surface area contributed by atoms with E-state index in [0.717, 1.165) is 17.8 Å². The van der Waals surface area contributed by atoms with Crippen LogP contribution in [0.2, 0.25) is 0 Å². The van der Waals surface area contributed by atoms with Gasteiger partial charge in [0.1, 0.15) is 0 Å². The molecule has 10 heavy (non-hydrogen) atoms. The van der Waals surface area contributed by atoms with Gasteiger partial charge in [-0.3, -0.25) is 0 Å². The molecular formula is C7H11NOS. The fourth-order valence-electron chi connectivity index (χ4n) is 0.235. The van der Waals surface area contributed by atoms with Gasteiger partial charge in [0.05, 0.1) is 0 Å². The van der Waals surface area contributed by atoms with E-state index in [1.54, 1.807) is 0 Å². The molecule has 0 atom stereocenters. The third kappa shape index (κ3) is 27.4. The maximum atomic E-state index is 6.88. The van der Waals surface area contributed by atoms with Crippen molar-refractivity contribution >= 4 is 11.8 Å². The van der Waals surface area contributed by atoms with E-state index in [2.05, 4.69) is 13.2 Å². The lowest BCUT2D eigenvalue weighted by atomic mass is 10.8. The van der Waals surface area contributed by atoms with Crippen LogP contribution < -0.4 is 0 Å². The van der Waals surface area contributed by atoms with Crippen molar-refractivity contribution in [3.63, 3.8) is 0 Å². The number of thioether (sulfide) groups is 1. The van der Waals surface area contributed by atoms with Crippen molar-refractivity contribution in [3.05, 3.63) is 25.3 Å². The Balaban J connectivity index is 0. The van der Waals surface area contributed by atoms with Crippen molar-refractivity contribution in [1.82, 2.24) is 0 Å². The van der Waals surface area contributed by atoms with E-state index >= 15 is 0 Å². The van der Waals surface area contributed by atoms with Crippen LogP contribution in [0.5, 0.6) is 0 Å². The van der Waals surface area contributed by atoms with Gasteiger partial charge in [-0.25, -0.2) is 0 Å². The average Bonchev–Trinajstić information content (AvgIpc) is 1.91. The molecule has 0 spiro atoms. The van der Waals surface area contributed by atoms with Gasteiger partial charge in [-0.05, 0) is 0 Å². The molecule has 0 aromatic heterocycles. The Hall–Kier alpha value is -0.880. The van der Waals surface area contributed by atoms with Gasteiger partial charge in [0.2, 0.25) is 0 Å². The summed E-state index contributed by atoms with van der Waals surface area (Å²) < 4.78 is 0. The predicted octanol–water partition coefficient (Wildman–Crippen LogP) is 1.93. The number of hydrogen-bond acceptors (Lipinski definition) is 3. The maximum absolute atomic E-state index is 6.88. The number of aliphatic hydroxyl groups is 1. The highest BCUT2D eigenvalue weighted by Gasteiger charge is 1.73. The molecule has 0 rings (SSSR count). The zero-order chi connectivity index (χ0) is 8.24. The van der Waals surface area contributed by atoms with Crippen LogP contribution in [-0.4, -0.2) is 16.6 Å². The lowest BCUT2D eigenvalue weighted by Gasteiger charge is -1.85. The zero-order valence-electron chi connectivity index (χ0n) is 5.79. The normalized spacial score (nSPS) is 6.30. The molecule has 2 nitrogen and oxygen atoms in total. The molecule has 0 aromatic rings. The topological polar surface area (TPSA) is 44.0 Å². The molecule has 0 aliphatic carbocycles. The second-order valence-electron chi connectivity index (χ2n) is 1.21. The van der Waals surface area contributed by atoms with Gasteiger partial charge in [-0.15, -0.1) is 13.2 Å². The van der Waals surface area contributed by atoms with Crippen LogP contribution in [0.1, 0.15) is 0 Å². The zero-order valence-corrected chi connectivity index (χ0v) is 6.60. The smallest absolute Gasteiger partial charge is 0.283 e. The highest BCUT2D eigenvalue weighted by molar-refractivity contribution is 7.99. The Bertz CT molecular complexity index is 109. The summed E-state index contributed by atoms with van der Waals surface area (Å²) in [6, 6.07) is 0. The van der Waals surface area contributed by atoms with Gasteiger partial charge in [0.25, 0.3) is 6.26 Å². The Kier molecular flexibility index (Phi) is 18.6. The minimum absolute atomic E-state index is 0.750. The molecule has 0 heterocycles. The predicted molar refractivity (Wildman–Crippen MR) is 45.3 cm³/mol. The molecule has 0 saturated carbocycles. The summed E-state index contributed by atoms with van der Waals surface area (Å²) in [5.41, 5.74) is 0. The Morgan fingerprint density at radius 2 is 1.70 bits per heavy atom. The van der Waals surface area contributed by atoms with Crippen LogP contribution in [0.3, 0.4) is 0 Å². The number of aliphatic hydroxyl groups excluding tert-OH is 1. The molecule has 0 aliphatic rings. The standard InChI is InChI=1S/C6H10S.CHNO/c1-3-5-7-6-4-2;2-1-3/h3-4H,1-2,5-6H2;3H. The molecule has 0 saturated heterocycles. The Morgan fingerprint density at radius 1 is 1.40 bits per heavy atom. The van der Waals surface area contributed by atoms with E-state index in [1.165, 1.54) is 0 Å².